The summed E-state index contributed by atoms with van der Waals surface area (Å²) >= 11 is 0. The summed E-state index contributed by atoms with van der Waals surface area (Å²) < 4.78 is 9.90. The molecule has 100 valence electrons. The Morgan fingerprint density at radius 2 is 1.82 bits per heavy atom. The van der Waals surface area contributed by atoms with Gasteiger partial charge in [-0.15, -0.1) is 0 Å². The lowest BCUT2D eigenvalue weighted by molar-refractivity contribution is -0.143. The Labute approximate surface area is 103 Å². The molecule has 0 aliphatic rings. The van der Waals surface area contributed by atoms with Gasteiger partial charge in [-0.2, -0.15) is 0 Å². The fraction of sp³-hybridized carbons (Fsp3) is 0.833. The van der Waals surface area contributed by atoms with E-state index in [9.17, 15) is 9.59 Å². The van der Waals surface area contributed by atoms with Crippen molar-refractivity contribution in [3.63, 3.8) is 0 Å². The standard InChI is InChI=1S/C12H23NO4/c1-3-16-10-6-7-11(14)13-9-5-8-12(15)17-4-2/h3-10H2,1-2H3,(H,13,14). The van der Waals surface area contributed by atoms with E-state index in [1.165, 1.54) is 0 Å². The van der Waals surface area contributed by atoms with Crippen molar-refractivity contribution < 1.29 is 19.1 Å². The molecular weight excluding hydrogens is 222 g/mol. The van der Waals surface area contributed by atoms with Gasteiger partial charge in [0.1, 0.15) is 0 Å². The molecule has 0 rings (SSSR count). The second kappa shape index (κ2) is 11.4. The molecule has 1 N–H and O–H groups in total. The average Bonchev–Trinajstić information content (AvgIpc) is 2.31. The van der Waals surface area contributed by atoms with Gasteiger partial charge in [0.2, 0.25) is 5.91 Å². The number of nitrogens with one attached hydrogen (secondary N) is 1. The number of carbonyl (C=O) groups excluding carboxylic acids is 2. The number of ether oxygens (including phenoxy) is 2. The van der Waals surface area contributed by atoms with Crippen LogP contribution in [-0.4, -0.2) is 38.2 Å². The van der Waals surface area contributed by atoms with Crippen LogP contribution in [0.2, 0.25) is 0 Å². The van der Waals surface area contributed by atoms with E-state index < -0.39 is 0 Å². The third kappa shape index (κ3) is 11.2. The summed E-state index contributed by atoms with van der Waals surface area (Å²) in [5.74, 6) is -0.202. The zero-order chi connectivity index (χ0) is 12.9. The lowest BCUT2D eigenvalue weighted by Crippen LogP contribution is -2.25. The summed E-state index contributed by atoms with van der Waals surface area (Å²) in [7, 11) is 0. The highest BCUT2D eigenvalue weighted by Gasteiger charge is 2.03. The van der Waals surface area contributed by atoms with Crippen LogP contribution in [0.4, 0.5) is 0 Å². The molecule has 0 unspecified atom stereocenters. The molecule has 0 bridgehead atoms. The molecule has 0 saturated carbocycles. The smallest absolute Gasteiger partial charge is 0.305 e. The molecule has 0 heterocycles. The van der Waals surface area contributed by atoms with Gasteiger partial charge < -0.3 is 14.8 Å². The summed E-state index contributed by atoms with van der Waals surface area (Å²) in [6.45, 7) is 5.93. The van der Waals surface area contributed by atoms with Crippen LogP contribution in [0.5, 0.6) is 0 Å². The maximum Gasteiger partial charge on any atom is 0.305 e. The maximum atomic E-state index is 11.3. The van der Waals surface area contributed by atoms with Gasteiger partial charge in [-0.1, -0.05) is 0 Å². The lowest BCUT2D eigenvalue weighted by Gasteiger charge is -2.05. The molecule has 0 aromatic heterocycles. The minimum absolute atomic E-state index is 0.00793. The predicted octanol–water partition coefficient (Wildman–Crippen LogP) is 1.26. The normalized spacial score (nSPS) is 10.0. The largest absolute Gasteiger partial charge is 0.466 e. The zero-order valence-corrected chi connectivity index (χ0v) is 10.8. The highest BCUT2D eigenvalue weighted by Crippen LogP contribution is 1.93. The summed E-state index contributed by atoms with van der Waals surface area (Å²) in [6, 6.07) is 0. The molecule has 0 aromatic carbocycles. The molecule has 17 heavy (non-hydrogen) atoms. The van der Waals surface area contributed by atoms with E-state index in [0.29, 0.717) is 45.6 Å². The van der Waals surface area contributed by atoms with Crippen LogP contribution in [0.15, 0.2) is 0 Å². The molecular formula is C12H23NO4. The Morgan fingerprint density at radius 1 is 1.06 bits per heavy atom. The monoisotopic (exact) mass is 245 g/mol. The fourth-order valence-electron chi connectivity index (χ4n) is 1.26. The molecule has 0 fully saturated rings. The first-order valence-electron chi connectivity index (χ1n) is 6.20. The highest BCUT2D eigenvalue weighted by molar-refractivity contribution is 5.75. The summed E-state index contributed by atoms with van der Waals surface area (Å²) in [5.41, 5.74) is 0. The number of carbonyl (C=O) groups is 2. The Balaban J connectivity index is 3.30. The zero-order valence-electron chi connectivity index (χ0n) is 10.8. The highest BCUT2D eigenvalue weighted by atomic mass is 16.5. The third-order valence-corrected chi connectivity index (χ3v) is 2.08. The number of rotatable bonds is 10. The van der Waals surface area contributed by atoms with Crippen molar-refractivity contribution in [3.05, 3.63) is 0 Å². The van der Waals surface area contributed by atoms with Gasteiger partial charge in [0.15, 0.2) is 0 Å². The van der Waals surface area contributed by atoms with Crippen molar-refractivity contribution in [1.82, 2.24) is 5.32 Å². The average molecular weight is 245 g/mol. The van der Waals surface area contributed by atoms with Gasteiger partial charge in [-0.25, -0.2) is 0 Å². The van der Waals surface area contributed by atoms with Gasteiger partial charge in [0.25, 0.3) is 0 Å². The Morgan fingerprint density at radius 3 is 2.47 bits per heavy atom. The van der Waals surface area contributed by atoms with E-state index in [4.69, 9.17) is 9.47 Å². The van der Waals surface area contributed by atoms with Crippen LogP contribution >= 0.6 is 0 Å². The van der Waals surface area contributed by atoms with Crippen LogP contribution in [0.1, 0.15) is 39.5 Å². The van der Waals surface area contributed by atoms with Crippen LogP contribution < -0.4 is 5.32 Å². The van der Waals surface area contributed by atoms with Crippen molar-refractivity contribution in [3.8, 4) is 0 Å². The van der Waals surface area contributed by atoms with E-state index in [1.54, 1.807) is 6.92 Å². The van der Waals surface area contributed by atoms with Crippen molar-refractivity contribution >= 4 is 11.9 Å². The van der Waals surface area contributed by atoms with Gasteiger partial charge >= 0.3 is 5.97 Å². The molecule has 0 radical (unpaired) electrons. The van der Waals surface area contributed by atoms with E-state index in [2.05, 4.69) is 5.32 Å². The lowest BCUT2D eigenvalue weighted by atomic mass is 10.3. The van der Waals surface area contributed by atoms with Crippen LogP contribution in [-0.2, 0) is 19.1 Å². The van der Waals surface area contributed by atoms with Crippen molar-refractivity contribution in [2.75, 3.05) is 26.4 Å². The third-order valence-electron chi connectivity index (χ3n) is 2.08. The summed E-state index contributed by atoms with van der Waals surface area (Å²) in [5, 5.41) is 2.75. The Hall–Kier alpha value is -1.10. The molecule has 0 spiro atoms. The van der Waals surface area contributed by atoms with E-state index in [1.807, 2.05) is 6.92 Å². The number of amides is 1. The molecule has 0 aliphatic carbocycles. The number of esters is 1. The topological polar surface area (TPSA) is 64.6 Å². The first kappa shape index (κ1) is 15.9. The van der Waals surface area contributed by atoms with Crippen molar-refractivity contribution in [2.24, 2.45) is 0 Å². The van der Waals surface area contributed by atoms with Crippen molar-refractivity contribution in [2.45, 2.75) is 39.5 Å². The first-order chi connectivity index (χ1) is 8.20. The second-order valence-electron chi connectivity index (χ2n) is 3.56. The summed E-state index contributed by atoms with van der Waals surface area (Å²) in [4.78, 5) is 22.3. The molecule has 5 heteroatoms. The summed E-state index contributed by atoms with van der Waals surface area (Å²) in [6.07, 6.45) is 2.18. The molecule has 0 aliphatic heterocycles. The Bertz CT molecular complexity index is 219. The molecule has 5 nitrogen and oxygen atoms in total. The number of hydrogen-bond acceptors (Lipinski definition) is 4. The van der Waals surface area contributed by atoms with Gasteiger partial charge in [0.05, 0.1) is 6.61 Å². The Kier molecular flexibility index (Phi) is 10.7. The van der Waals surface area contributed by atoms with Crippen LogP contribution in [0.3, 0.4) is 0 Å². The molecule has 1 amide bonds. The van der Waals surface area contributed by atoms with Crippen molar-refractivity contribution in [1.29, 1.82) is 0 Å². The second-order valence-corrected chi connectivity index (χ2v) is 3.56. The quantitative estimate of drug-likeness (QED) is 0.465. The van der Waals surface area contributed by atoms with E-state index in [0.717, 1.165) is 6.42 Å². The predicted molar refractivity (Wildman–Crippen MR) is 64.6 cm³/mol. The minimum atomic E-state index is -0.210. The first-order valence-corrected chi connectivity index (χ1v) is 6.20. The van der Waals surface area contributed by atoms with Gasteiger partial charge in [0, 0.05) is 32.6 Å². The fourth-order valence-corrected chi connectivity index (χ4v) is 1.26. The van der Waals surface area contributed by atoms with Gasteiger partial charge in [-0.05, 0) is 26.7 Å². The van der Waals surface area contributed by atoms with Crippen LogP contribution in [0.25, 0.3) is 0 Å². The molecule has 0 saturated heterocycles. The minimum Gasteiger partial charge on any atom is -0.466 e. The maximum absolute atomic E-state index is 11.3. The van der Waals surface area contributed by atoms with Crippen LogP contribution in [0, 0.1) is 0 Å². The van der Waals surface area contributed by atoms with E-state index >= 15 is 0 Å². The van der Waals surface area contributed by atoms with Gasteiger partial charge in [-0.3, -0.25) is 9.59 Å². The number of hydrogen-bond donors (Lipinski definition) is 1. The SMILES string of the molecule is CCOCCCC(=O)NCCCC(=O)OCC. The molecule has 0 aromatic rings. The van der Waals surface area contributed by atoms with E-state index in [-0.39, 0.29) is 11.9 Å². The molecule has 0 atom stereocenters.